The van der Waals surface area contributed by atoms with Gasteiger partial charge in [-0.2, -0.15) is 0 Å². The van der Waals surface area contributed by atoms with Gasteiger partial charge in [0, 0.05) is 0 Å². The van der Waals surface area contributed by atoms with Crippen LogP contribution in [0.5, 0.6) is 0 Å². The number of halogens is 2. The second-order valence-corrected chi connectivity index (χ2v) is 22.7. The van der Waals surface area contributed by atoms with Crippen LogP contribution in [0.25, 0.3) is 11.1 Å². The van der Waals surface area contributed by atoms with Gasteiger partial charge in [-0.05, 0) is 0 Å². The number of benzene rings is 4. The van der Waals surface area contributed by atoms with E-state index in [0.717, 1.165) is 0 Å². The van der Waals surface area contributed by atoms with Crippen LogP contribution >= 0.6 is 0 Å². The van der Waals surface area contributed by atoms with Crippen LogP contribution in [-0.2, 0) is 32.1 Å². The normalized spacial score (nSPS) is 15.6. The summed E-state index contributed by atoms with van der Waals surface area (Å²) in [4.78, 5) is 0. The van der Waals surface area contributed by atoms with Crippen LogP contribution in [0.3, 0.4) is 0 Å². The Labute approximate surface area is 317 Å². The van der Waals surface area contributed by atoms with E-state index in [0.29, 0.717) is 15.5 Å². The van der Waals surface area contributed by atoms with Crippen LogP contribution in [0.2, 0.25) is 0 Å². The number of fused-ring (bicyclic) bond motifs is 3. The molecule has 1 atom stereocenters. The van der Waals surface area contributed by atoms with Gasteiger partial charge >= 0.3 is 295 Å². The molecule has 6 rings (SSSR count). The fraction of sp³-hybridized carbons (Fsp3) is 0.370. The van der Waals surface area contributed by atoms with Crippen LogP contribution in [0.15, 0.2) is 105 Å². The fourth-order valence-electron chi connectivity index (χ4n) is 7.89. The molecule has 0 bridgehead atoms. The third kappa shape index (κ3) is 7.52. The van der Waals surface area contributed by atoms with Crippen molar-refractivity contribution in [3.8, 4) is 11.1 Å². The van der Waals surface area contributed by atoms with Gasteiger partial charge in [0.2, 0.25) is 0 Å². The van der Waals surface area contributed by atoms with Crippen molar-refractivity contribution in [2.75, 3.05) is 0 Å². The molecule has 0 amide bonds. The molecule has 4 aromatic rings. The molecule has 0 N–H and O–H groups in total. The third-order valence-electron chi connectivity index (χ3n) is 10.6. The van der Waals surface area contributed by atoms with E-state index in [4.69, 9.17) is 0 Å². The molecule has 0 heterocycles. The van der Waals surface area contributed by atoms with Crippen LogP contribution in [0.1, 0.15) is 117 Å². The molecule has 0 fully saturated rings. The topological polar surface area (TPSA) is 0 Å². The SMILES string of the molecule is CC1=[C]([Zr+2](=[C](c2ccc(C)cc2)c2ccc(C)cc2)[CH]2c3ccc(C(C)(C)C)cc3-c3cc(C(C)(C)C)ccc32)C(C)C=C1C(C)C.[Cl-].[Cl-]. The van der Waals surface area contributed by atoms with E-state index < -0.39 is 21.3 Å². The average Bonchev–Trinajstić information content (AvgIpc) is 3.49. The van der Waals surface area contributed by atoms with Gasteiger partial charge in [-0.1, -0.05) is 0 Å². The molecule has 0 aromatic heterocycles. The monoisotopic (exact) mass is 766 g/mol. The molecule has 3 heteroatoms. The van der Waals surface area contributed by atoms with E-state index in [1.807, 2.05) is 0 Å². The van der Waals surface area contributed by atoms with Gasteiger partial charge in [-0.25, -0.2) is 0 Å². The van der Waals surface area contributed by atoms with Crippen molar-refractivity contribution in [1.82, 2.24) is 0 Å². The molecule has 2 aliphatic rings. The summed E-state index contributed by atoms with van der Waals surface area (Å²) in [6.07, 6.45) is 2.61. The average molecular weight is 769 g/mol. The van der Waals surface area contributed by atoms with Crippen LogP contribution < -0.4 is 24.8 Å². The fourth-order valence-corrected chi connectivity index (χ4v) is 17.9. The maximum atomic E-state index is 2.61. The largest absolute Gasteiger partial charge is 1.00 e. The Balaban J connectivity index is 0.00000270. The third-order valence-corrected chi connectivity index (χ3v) is 19.8. The second-order valence-electron chi connectivity index (χ2n) is 16.7. The summed E-state index contributed by atoms with van der Waals surface area (Å²) in [7, 11) is 0. The molecule has 0 spiro atoms. The predicted octanol–water partition coefficient (Wildman–Crippen LogP) is 6.37. The molecule has 256 valence electrons. The Morgan fingerprint density at radius 1 is 0.612 bits per heavy atom. The number of allylic oxidation sites excluding steroid dienone is 4. The van der Waals surface area contributed by atoms with E-state index in [1.54, 1.807) is 28.8 Å². The Morgan fingerprint density at radius 2 is 1.02 bits per heavy atom. The van der Waals surface area contributed by atoms with E-state index in [-0.39, 0.29) is 35.6 Å². The summed E-state index contributed by atoms with van der Waals surface area (Å²) in [5, 5.41) is 0. The number of hydrogen-bond acceptors (Lipinski definition) is 0. The summed E-state index contributed by atoms with van der Waals surface area (Å²) < 4.78 is 3.81. The molecule has 2 aliphatic carbocycles. The van der Waals surface area contributed by atoms with Crippen molar-refractivity contribution in [1.29, 1.82) is 0 Å². The standard InChI is InChI=1S/C21H25.C15H14.C10H15.2ClH.Zr/c1-20(2,3)16-9-7-14-11-15-8-10-17(21(4,5)6)13-19(15)18(14)12-16;1-12-3-7-14(8-4-12)11-15-9-5-13(2)6-10-15;1-7(2)10-6-8(3)5-9(10)4;;;/h7-13H,1-6H3;3-10H,1-2H3;6-8H,1-4H3;2*1H;/q;;;;;+2/p-2. The summed E-state index contributed by atoms with van der Waals surface area (Å²) >= 11 is -2.87. The van der Waals surface area contributed by atoms with Crippen molar-refractivity contribution in [3.63, 3.8) is 0 Å². The molecule has 0 saturated heterocycles. The summed E-state index contributed by atoms with van der Waals surface area (Å²) in [5.41, 5.74) is 17.6. The Kier molecular flexibility index (Phi) is 11.9. The number of rotatable bonds is 5. The molecule has 0 nitrogen and oxygen atoms in total. The molecular formula is C46H54Cl2Zr. The zero-order valence-corrected chi connectivity index (χ0v) is 35.6. The smallest absolute Gasteiger partial charge is 1.00 e. The molecule has 49 heavy (non-hydrogen) atoms. The predicted molar refractivity (Wildman–Crippen MR) is 201 cm³/mol. The van der Waals surface area contributed by atoms with Crippen molar-refractivity contribution < 1.29 is 46.1 Å². The van der Waals surface area contributed by atoms with Gasteiger partial charge in [0.25, 0.3) is 0 Å². The van der Waals surface area contributed by atoms with Gasteiger partial charge in [0.05, 0.1) is 0 Å². The molecule has 0 aliphatic heterocycles. The van der Waals surface area contributed by atoms with E-state index in [9.17, 15) is 0 Å². The summed E-state index contributed by atoms with van der Waals surface area (Å²) in [6.45, 7) is 28.2. The zero-order valence-electron chi connectivity index (χ0n) is 31.6. The molecule has 0 radical (unpaired) electrons. The van der Waals surface area contributed by atoms with Crippen molar-refractivity contribution >= 4 is 3.21 Å². The first-order valence-electron chi connectivity index (χ1n) is 17.7. The quantitative estimate of drug-likeness (QED) is 0.222. The Morgan fingerprint density at radius 3 is 1.37 bits per heavy atom. The number of aryl methyl sites for hydroxylation is 2. The van der Waals surface area contributed by atoms with Gasteiger partial charge in [0.1, 0.15) is 0 Å². The zero-order chi connectivity index (χ0) is 34.0. The van der Waals surface area contributed by atoms with Gasteiger partial charge in [-0.15, -0.1) is 0 Å². The maximum absolute atomic E-state index is 2.87. The minimum Gasteiger partial charge on any atom is -1.00 e. The Bertz CT molecular complexity index is 1830. The van der Waals surface area contributed by atoms with Crippen LogP contribution in [-0.4, -0.2) is 3.21 Å². The molecule has 4 aromatic carbocycles. The van der Waals surface area contributed by atoms with Gasteiger partial charge in [0.15, 0.2) is 0 Å². The summed E-state index contributed by atoms with van der Waals surface area (Å²) in [6, 6.07) is 34.0. The minimum absolute atomic E-state index is 0. The van der Waals surface area contributed by atoms with Crippen molar-refractivity contribution in [3.05, 3.63) is 150 Å². The summed E-state index contributed by atoms with van der Waals surface area (Å²) in [5.74, 6) is 0.969. The van der Waals surface area contributed by atoms with E-state index in [1.165, 1.54) is 44.5 Å². The second kappa shape index (κ2) is 14.7. The molecule has 1 unspecified atom stereocenters. The first-order chi connectivity index (χ1) is 22.1. The molecule has 0 saturated carbocycles. The van der Waals surface area contributed by atoms with Gasteiger partial charge in [-0.3, -0.25) is 0 Å². The molecular weight excluding hydrogens is 715 g/mol. The Hall–Kier alpha value is -2.31. The van der Waals surface area contributed by atoms with Crippen molar-refractivity contribution in [2.45, 2.75) is 97.5 Å². The van der Waals surface area contributed by atoms with Gasteiger partial charge < -0.3 is 24.8 Å². The van der Waals surface area contributed by atoms with E-state index >= 15 is 0 Å². The first-order valence-corrected chi connectivity index (χ1v) is 21.5. The van der Waals surface area contributed by atoms with Crippen LogP contribution in [0.4, 0.5) is 0 Å². The maximum Gasteiger partial charge on any atom is -1.00 e. The number of hydrogen-bond donors (Lipinski definition) is 0. The van der Waals surface area contributed by atoms with Crippen molar-refractivity contribution in [2.24, 2.45) is 11.8 Å². The van der Waals surface area contributed by atoms with E-state index in [2.05, 4.69) is 174 Å². The minimum atomic E-state index is -2.87. The first kappa shape index (κ1) is 39.5. The van der Waals surface area contributed by atoms with Crippen LogP contribution in [0, 0.1) is 25.7 Å².